The lowest BCUT2D eigenvalue weighted by atomic mass is 10.1. The molecule has 7 heteroatoms. The molecule has 2 fully saturated rings. The van der Waals surface area contributed by atoms with Crippen molar-refractivity contribution < 1.29 is 13.2 Å². The molecular formula is C18H27N3O3S. The van der Waals surface area contributed by atoms with Crippen LogP contribution in [0.2, 0.25) is 0 Å². The maximum Gasteiger partial charge on any atom is 0.253 e. The molecule has 1 aromatic rings. The van der Waals surface area contributed by atoms with Crippen molar-refractivity contribution >= 4 is 15.9 Å². The summed E-state index contributed by atoms with van der Waals surface area (Å²) < 4.78 is 27.5. The van der Waals surface area contributed by atoms with Crippen LogP contribution in [0.15, 0.2) is 29.2 Å². The number of hydrogen-bond donors (Lipinski definition) is 1. The Morgan fingerprint density at radius 3 is 2.40 bits per heavy atom. The number of benzene rings is 1. The third-order valence-electron chi connectivity index (χ3n) is 5.28. The molecule has 25 heavy (non-hydrogen) atoms. The zero-order chi connectivity index (χ0) is 18.0. The Morgan fingerprint density at radius 1 is 1.12 bits per heavy atom. The van der Waals surface area contributed by atoms with Crippen molar-refractivity contribution in [2.24, 2.45) is 0 Å². The van der Waals surface area contributed by atoms with Crippen molar-refractivity contribution in [3.8, 4) is 0 Å². The van der Waals surface area contributed by atoms with Gasteiger partial charge in [-0.2, -0.15) is 4.31 Å². The molecule has 2 unspecified atom stereocenters. The van der Waals surface area contributed by atoms with Crippen LogP contribution in [0.1, 0.15) is 43.5 Å². The fourth-order valence-electron chi connectivity index (χ4n) is 3.74. The summed E-state index contributed by atoms with van der Waals surface area (Å²) in [4.78, 5) is 14.3. The van der Waals surface area contributed by atoms with E-state index < -0.39 is 10.0 Å². The SMILES string of the molecule is CCN(CC)C(=O)c1ccc(S(=O)(=O)N2CCC3CCC(C2)N3)cc1. The summed E-state index contributed by atoms with van der Waals surface area (Å²) in [6.45, 7) is 6.22. The van der Waals surface area contributed by atoms with Gasteiger partial charge in [0.2, 0.25) is 10.0 Å². The monoisotopic (exact) mass is 365 g/mol. The van der Waals surface area contributed by atoms with Gasteiger partial charge in [-0.3, -0.25) is 4.79 Å². The van der Waals surface area contributed by atoms with Gasteiger partial charge < -0.3 is 10.2 Å². The Morgan fingerprint density at radius 2 is 1.76 bits per heavy atom. The molecule has 138 valence electrons. The standard InChI is InChI=1S/C18H27N3O3S/c1-3-20(4-2)18(22)14-5-9-17(10-6-14)25(23,24)21-12-11-15-7-8-16(13-21)19-15/h5-6,9-10,15-16,19H,3-4,7-8,11-13H2,1-2H3. The first-order chi connectivity index (χ1) is 12.0. The van der Waals surface area contributed by atoms with Crippen LogP contribution in [-0.4, -0.2) is 61.8 Å². The van der Waals surface area contributed by atoms with Crippen molar-refractivity contribution in [3.05, 3.63) is 29.8 Å². The summed E-state index contributed by atoms with van der Waals surface area (Å²) in [5.41, 5.74) is 0.527. The van der Waals surface area contributed by atoms with Crippen LogP contribution in [0.5, 0.6) is 0 Å². The average molecular weight is 365 g/mol. The third kappa shape index (κ3) is 3.73. The fourth-order valence-corrected chi connectivity index (χ4v) is 5.24. The van der Waals surface area contributed by atoms with E-state index in [2.05, 4.69) is 5.32 Å². The van der Waals surface area contributed by atoms with E-state index in [1.54, 1.807) is 33.5 Å². The second-order valence-corrected chi connectivity index (χ2v) is 8.73. The summed E-state index contributed by atoms with van der Waals surface area (Å²) in [6, 6.07) is 7.06. The van der Waals surface area contributed by atoms with Gasteiger partial charge in [-0.05, 0) is 57.4 Å². The molecule has 0 radical (unpaired) electrons. The van der Waals surface area contributed by atoms with Crippen LogP contribution < -0.4 is 5.32 Å². The van der Waals surface area contributed by atoms with Crippen LogP contribution in [-0.2, 0) is 10.0 Å². The van der Waals surface area contributed by atoms with E-state index in [0.29, 0.717) is 37.8 Å². The van der Waals surface area contributed by atoms with Gasteiger partial charge in [-0.15, -0.1) is 0 Å². The highest BCUT2D eigenvalue weighted by atomic mass is 32.2. The topological polar surface area (TPSA) is 69.7 Å². The molecule has 0 saturated carbocycles. The lowest BCUT2D eigenvalue weighted by Crippen LogP contribution is -2.39. The van der Waals surface area contributed by atoms with Gasteiger partial charge in [0.15, 0.2) is 0 Å². The number of carbonyl (C=O) groups is 1. The number of hydrogen-bond acceptors (Lipinski definition) is 4. The van der Waals surface area contributed by atoms with Crippen LogP contribution in [0, 0.1) is 0 Å². The maximum atomic E-state index is 12.9. The number of carbonyl (C=O) groups excluding carboxylic acids is 1. The van der Waals surface area contributed by atoms with E-state index in [-0.39, 0.29) is 16.8 Å². The number of sulfonamides is 1. The number of nitrogens with zero attached hydrogens (tertiary/aromatic N) is 2. The van der Waals surface area contributed by atoms with E-state index in [9.17, 15) is 13.2 Å². The first-order valence-corrected chi connectivity index (χ1v) is 10.5. The van der Waals surface area contributed by atoms with Crippen LogP contribution >= 0.6 is 0 Å². The van der Waals surface area contributed by atoms with Crippen LogP contribution in [0.3, 0.4) is 0 Å². The minimum atomic E-state index is -3.51. The first kappa shape index (κ1) is 18.4. The fraction of sp³-hybridized carbons (Fsp3) is 0.611. The predicted octanol–water partition coefficient (Wildman–Crippen LogP) is 1.68. The average Bonchev–Trinajstić information content (AvgIpc) is 2.94. The Labute approximate surface area is 150 Å². The molecule has 0 spiro atoms. The van der Waals surface area contributed by atoms with Crippen molar-refractivity contribution in [1.82, 2.24) is 14.5 Å². The van der Waals surface area contributed by atoms with Gasteiger partial charge in [-0.25, -0.2) is 8.42 Å². The van der Waals surface area contributed by atoms with E-state index in [1.807, 2.05) is 13.8 Å². The lowest BCUT2D eigenvalue weighted by Gasteiger charge is -2.24. The Bertz CT molecular complexity index is 714. The van der Waals surface area contributed by atoms with Gasteiger partial charge in [-0.1, -0.05) is 0 Å². The molecule has 1 amide bonds. The molecule has 2 aliphatic rings. The summed E-state index contributed by atoms with van der Waals surface area (Å²) in [5.74, 6) is -0.0646. The van der Waals surface area contributed by atoms with Crippen molar-refractivity contribution in [2.45, 2.75) is 50.1 Å². The molecule has 2 saturated heterocycles. The molecule has 2 heterocycles. The van der Waals surface area contributed by atoms with E-state index in [4.69, 9.17) is 0 Å². The Hall–Kier alpha value is -1.44. The molecule has 6 nitrogen and oxygen atoms in total. The molecule has 1 N–H and O–H groups in total. The molecule has 1 aromatic carbocycles. The molecule has 2 atom stereocenters. The zero-order valence-corrected chi connectivity index (χ0v) is 15.8. The smallest absolute Gasteiger partial charge is 0.253 e. The van der Waals surface area contributed by atoms with Gasteiger partial charge in [0.1, 0.15) is 0 Å². The van der Waals surface area contributed by atoms with Gasteiger partial charge in [0.25, 0.3) is 5.91 Å². The minimum Gasteiger partial charge on any atom is -0.339 e. The van der Waals surface area contributed by atoms with Crippen LogP contribution in [0.4, 0.5) is 0 Å². The Kier molecular flexibility index (Phi) is 5.46. The molecule has 0 aliphatic carbocycles. The summed E-state index contributed by atoms with van der Waals surface area (Å²) >= 11 is 0. The highest BCUT2D eigenvalue weighted by Crippen LogP contribution is 2.25. The highest BCUT2D eigenvalue weighted by Gasteiger charge is 2.34. The zero-order valence-electron chi connectivity index (χ0n) is 14.9. The molecule has 2 bridgehead atoms. The van der Waals surface area contributed by atoms with Gasteiger partial charge in [0, 0.05) is 43.8 Å². The van der Waals surface area contributed by atoms with Crippen molar-refractivity contribution in [1.29, 1.82) is 0 Å². The number of nitrogens with one attached hydrogen (secondary N) is 1. The summed E-state index contributed by atoms with van der Waals surface area (Å²) in [5, 5.41) is 3.50. The van der Waals surface area contributed by atoms with E-state index in [1.165, 1.54) is 0 Å². The van der Waals surface area contributed by atoms with Gasteiger partial charge >= 0.3 is 0 Å². The normalized spacial score (nSPS) is 24.1. The first-order valence-electron chi connectivity index (χ1n) is 9.11. The third-order valence-corrected chi connectivity index (χ3v) is 7.16. The molecule has 0 aromatic heterocycles. The quantitative estimate of drug-likeness (QED) is 0.862. The van der Waals surface area contributed by atoms with E-state index >= 15 is 0 Å². The minimum absolute atomic E-state index is 0.0646. The van der Waals surface area contributed by atoms with Crippen molar-refractivity contribution in [3.63, 3.8) is 0 Å². The number of amides is 1. The number of fused-ring (bicyclic) bond motifs is 2. The largest absolute Gasteiger partial charge is 0.339 e. The second-order valence-electron chi connectivity index (χ2n) is 6.79. The summed E-state index contributed by atoms with van der Waals surface area (Å²) in [7, 11) is -3.51. The molecule has 2 aliphatic heterocycles. The lowest BCUT2D eigenvalue weighted by molar-refractivity contribution is 0.0773. The second kappa shape index (κ2) is 7.43. The highest BCUT2D eigenvalue weighted by molar-refractivity contribution is 7.89. The van der Waals surface area contributed by atoms with Crippen molar-refractivity contribution in [2.75, 3.05) is 26.2 Å². The summed E-state index contributed by atoms with van der Waals surface area (Å²) in [6.07, 6.45) is 3.03. The number of rotatable bonds is 5. The van der Waals surface area contributed by atoms with Gasteiger partial charge in [0.05, 0.1) is 4.90 Å². The molecular weight excluding hydrogens is 338 g/mol. The van der Waals surface area contributed by atoms with Crippen LogP contribution in [0.25, 0.3) is 0 Å². The maximum absolute atomic E-state index is 12.9. The molecule has 3 rings (SSSR count). The van der Waals surface area contributed by atoms with E-state index in [0.717, 1.165) is 19.3 Å². The Balaban J connectivity index is 1.77. The predicted molar refractivity (Wildman–Crippen MR) is 97.0 cm³/mol.